The standard InChI is InChI=1S/C11H11N5O2/c1-7-10(16(17)18)2-3-11(13-7)15-5-8-4-12-14-9(8)6-15/h2-4H,5-6H2,1H3,(H,12,14). The Bertz CT molecular complexity index is 601. The molecule has 0 radical (unpaired) electrons. The van der Waals surface area contributed by atoms with E-state index in [1.54, 1.807) is 19.2 Å². The third-order valence-corrected chi connectivity index (χ3v) is 3.08. The molecule has 0 unspecified atom stereocenters. The third kappa shape index (κ3) is 1.60. The molecule has 0 aliphatic carbocycles. The molecule has 7 heteroatoms. The predicted molar refractivity (Wildman–Crippen MR) is 64.1 cm³/mol. The van der Waals surface area contributed by atoms with Gasteiger partial charge < -0.3 is 4.90 Å². The first-order valence-electron chi connectivity index (χ1n) is 5.53. The summed E-state index contributed by atoms with van der Waals surface area (Å²) in [4.78, 5) is 16.7. The molecule has 18 heavy (non-hydrogen) atoms. The summed E-state index contributed by atoms with van der Waals surface area (Å²) in [7, 11) is 0. The Hall–Kier alpha value is -2.44. The van der Waals surface area contributed by atoms with Crippen LogP contribution in [0.2, 0.25) is 0 Å². The van der Waals surface area contributed by atoms with Gasteiger partial charge in [0, 0.05) is 18.2 Å². The number of aromatic amines is 1. The van der Waals surface area contributed by atoms with Gasteiger partial charge in [0.25, 0.3) is 5.69 Å². The van der Waals surface area contributed by atoms with E-state index in [9.17, 15) is 10.1 Å². The van der Waals surface area contributed by atoms with E-state index in [0.717, 1.165) is 23.6 Å². The second-order valence-corrected chi connectivity index (χ2v) is 4.26. The van der Waals surface area contributed by atoms with E-state index in [4.69, 9.17) is 0 Å². The highest BCUT2D eigenvalue weighted by atomic mass is 16.6. The number of rotatable bonds is 2. The van der Waals surface area contributed by atoms with Crippen LogP contribution in [-0.2, 0) is 13.1 Å². The maximum Gasteiger partial charge on any atom is 0.290 e. The topological polar surface area (TPSA) is 88.0 Å². The first-order valence-corrected chi connectivity index (χ1v) is 5.53. The van der Waals surface area contributed by atoms with E-state index in [1.165, 1.54) is 6.07 Å². The monoisotopic (exact) mass is 245 g/mol. The quantitative estimate of drug-likeness (QED) is 0.640. The number of fused-ring (bicyclic) bond motifs is 1. The van der Waals surface area contributed by atoms with Crippen molar-refractivity contribution in [2.75, 3.05) is 4.90 Å². The first kappa shape index (κ1) is 10.7. The molecule has 0 bridgehead atoms. The average molecular weight is 245 g/mol. The van der Waals surface area contributed by atoms with E-state index in [2.05, 4.69) is 20.1 Å². The number of nitrogens with zero attached hydrogens (tertiary/aromatic N) is 4. The van der Waals surface area contributed by atoms with Crippen LogP contribution >= 0.6 is 0 Å². The van der Waals surface area contributed by atoms with Crippen LogP contribution in [0.3, 0.4) is 0 Å². The minimum absolute atomic E-state index is 0.0538. The molecule has 0 spiro atoms. The van der Waals surface area contributed by atoms with Gasteiger partial charge in [-0.1, -0.05) is 0 Å². The van der Waals surface area contributed by atoms with Gasteiger partial charge in [-0.25, -0.2) is 4.98 Å². The fourth-order valence-corrected chi connectivity index (χ4v) is 2.13. The van der Waals surface area contributed by atoms with Crippen molar-refractivity contribution in [1.29, 1.82) is 0 Å². The van der Waals surface area contributed by atoms with Gasteiger partial charge in [0.1, 0.15) is 11.5 Å². The zero-order valence-electron chi connectivity index (χ0n) is 9.75. The largest absolute Gasteiger partial charge is 0.346 e. The highest BCUT2D eigenvalue weighted by Crippen LogP contribution is 2.27. The van der Waals surface area contributed by atoms with Crippen LogP contribution < -0.4 is 4.90 Å². The molecular weight excluding hydrogens is 234 g/mol. The number of aromatic nitrogens is 3. The van der Waals surface area contributed by atoms with Crippen LogP contribution in [0, 0.1) is 17.0 Å². The summed E-state index contributed by atoms with van der Waals surface area (Å²) in [6, 6.07) is 3.19. The maximum absolute atomic E-state index is 10.7. The Morgan fingerprint density at radius 3 is 2.94 bits per heavy atom. The van der Waals surface area contributed by atoms with Crippen molar-refractivity contribution in [1.82, 2.24) is 15.2 Å². The number of nitro groups is 1. The lowest BCUT2D eigenvalue weighted by Crippen LogP contribution is -2.17. The van der Waals surface area contributed by atoms with Gasteiger partial charge in [-0.05, 0) is 13.0 Å². The molecule has 1 aliphatic rings. The summed E-state index contributed by atoms with van der Waals surface area (Å²) >= 11 is 0. The Labute approximate surface area is 103 Å². The smallest absolute Gasteiger partial charge is 0.290 e. The van der Waals surface area contributed by atoms with Gasteiger partial charge in [0.2, 0.25) is 0 Å². The van der Waals surface area contributed by atoms with Crippen LogP contribution in [-0.4, -0.2) is 20.1 Å². The molecule has 2 aromatic rings. The molecule has 0 amide bonds. The number of aryl methyl sites for hydroxylation is 1. The third-order valence-electron chi connectivity index (χ3n) is 3.08. The molecule has 3 heterocycles. The summed E-state index contributed by atoms with van der Waals surface area (Å²) in [5.41, 5.74) is 2.71. The number of hydrogen-bond acceptors (Lipinski definition) is 5. The fourth-order valence-electron chi connectivity index (χ4n) is 2.13. The minimum atomic E-state index is -0.414. The van der Waals surface area contributed by atoms with Gasteiger partial charge in [0.15, 0.2) is 0 Å². The molecule has 0 aromatic carbocycles. The number of pyridine rings is 1. The van der Waals surface area contributed by atoms with E-state index < -0.39 is 4.92 Å². The second kappa shape index (κ2) is 3.80. The van der Waals surface area contributed by atoms with Crippen LogP contribution in [0.5, 0.6) is 0 Å². The summed E-state index contributed by atoms with van der Waals surface area (Å²) in [6.07, 6.45) is 1.80. The Kier molecular flexibility index (Phi) is 2.26. The molecule has 0 atom stereocenters. The number of nitrogens with one attached hydrogen (secondary N) is 1. The molecule has 0 saturated heterocycles. The molecule has 3 rings (SSSR count). The van der Waals surface area contributed by atoms with Crippen LogP contribution in [0.1, 0.15) is 17.0 Å². The van der Waals surface area contributed by atoms with Crippen molar-refractivity contribution in [2.45, 2.75) is 20.0 Å². The molecule has 1 N–H and O–H groups in total. The molecule has 92 valence electrons. The lowest BCUT2D eigenvalue weighted by molar-refractivity contribution is -0.385. The molecule has 7 nitrogen and oxygen atoms in total. The van der Waals surface area contributed by atoms with Gasteiger partial charge in [-0.15, -0.1) is 0 Å². The van der Waals surface area contributed by atoms with Crippen molar-refractivity contribution >= 4 is 11.5 Å². The number of hydrogen-bond donors (Lipinski definition) is 1. The average Bonchev–Trinajstić information content (AvgIpc) is 2.87. The first-order chi connectivity index (χ1) is 8.65. The Morgan fingerprint density at radius 1 is 1.44 bits per heavy atom. The van der Waals surface area contributed by atoms with Crippen molar-refractivity contribution in [2.24, 2.45) is 0 Å². The lowest BCUT2D eigenvalue weighted by atomic mass is 10.3. The molecule has 0 fully saturated rings. The normalized spacial score (nSPS) is 13.7. The van der Waals surface area contributed by atoms with Crippen LogP contribution in [0.4, 0.5) is 11.5 Å². The summed E-state index contributed by atoms with van der Waals surface area (Å²) in [5.74, 6) is 0.753. The zero-order chi connectivity index (χ0) is 12.7. The van der Waals surface area contributed by atoms with Gasteiger partial charge in [-0.2, -0.15) is 5.10 Å². The van der Waals surface area contributed by atoms with E-state index in [0.29, 0.717) is 12.2 Å². The van der Waals surface area contributed by atoms with Gasteiger partial charge >= 0.3 is 0 Å². The second-order valence-electron chi connectivity index (χ2n) is 4.26. The molecular formula is C11H11N5O2. The molecule has 0 saturated carbocycles. The summed E-state index contributed by atoms with van der Waals surface area (Å²) in [6.45, 7) is 3.09. The maximum atomic E-state index is 10.7. The zero-order valence-corrected chi connectivity index (χ0v) is 9.75. The number of H-pyrrole nitrogens is 1. The fraction of sp³-hybridized carbons (Fsp3) is 0.273. The van der Waals surface area contributed by atoms with Crippen molar-refractivity contribution in [3.8, 4) is 0 Å². The minimum Gasteiger partial charge on any atom is -0.346 e. The Balaban J connectivity index is 1.89. The highest BCUT2D eigenvalue weighted by Gasteiger charge is 2.23. The van der Waals surface area contributed by atoms with E-state index in [1.807, 2.05) is 0 Å². The number of anilines is 1. The van der Waals surface area contributed by atoms with E-state index in [-0.39, 0.29) is 5.69 Å². The molecule has 2 aromatic heterocycles. The van der Waals surface area contributed by atoms with Crippen LogP contribution in [0.15, 0.2) is 18.3 Å². The Morgan fingerprint density at radius 2 is 2.28 bits per heavy atom. The van der Waals surface area contributed by atoms with Gasteiger partial charge in [-0.3, -0.25) is 15.2 Å². The van der Waals surface area contributed by atoms with Crippen molar-refractivity contribution < 1.29 is 4.92 Å². The molecule has 1 aliphatic heterocycles. The van der Waals surface area contributed by atoms with Crippen LogP contribution in [0.25, 0.3) is 0 Å². The highest BCUT2D eigenvalue weighted by molar-refractivity contribution is 5.49. The van der Waals surface area contributed by atoms with Crippen molar-refractivity contribution in [3.63, 3.8) is 0 Å². The lowest BCUT2D eigenvalue weighted by Gasteiger charge is -2.16. The summed E-state index contributed by atoms with van der Waals surface area (Å²) in [5, 5.41) is 17.6. The summed E-state index contributed by atoms with van der Waals surface area (Å²) < 4.78 is 0. The SMILES string of the molecule is Cc1nc(N2Cc3cn[nH]c3C2)ccc1[N+](=O)[O-]. The van der Waals surface area contributed by atoms with Gasteiger partial charge in [0.05, 0.1) is 23.4 Å². The predicted octanol–water partition coefficient (Wildman–Crippen LogP) is 1.54. The van der Waals surface area contributed by atoms with Crippen molar-refractivity contribution in [3.05, 3.63) is 45.4 Å². The van der Waals surface area contributed by atoms with E-state index >= 15 is 0 Å².